The van der Waals surface area contributed by atoms with Crippen molar-refractivity contribution in [2.75, 3.05) is 0 Å². The van der Waals surface area contributed by atoms with Crippen LogP contribution in [0.5, 0.6) is 0 Å². The van der Waals surface area contributed by atoms with Crippen LogP contribution in [0, 0.1) is 23.0 Å². The summed E-state index contributed by atoms with van der Waals surface area (Å²) in [6, 6.07) is 8.41. The van der Waals surface area contributed by atoms with E-state index < -0.39 is 11.6 Å². The molecule has 0 aliphatic carbocycles. The minimum Gasteiger partial charge on any atom is -0.256 e. The van der Waals surface area contributed by atoms with Crippen molar-refractivity contribution in [3.05, 3.63) is 65.0 Å². The third-order valence-corrected chi connectivity index (χ3v) is 2.34. The van der Waals surface area contributed by atoms with Gasteiger partial charge in [-0.15, -0.1) is 0 Å². The Kier molecular flexibility index (Phi) is 3.44. The van der Waals surface area contributed by atoms with Gasteiger partial charge in [0.25, 0.3) is 0 Å². The molecule has 1 aromatic heterocycles. The molecule has 0 fully saturated rings. The van der Waals surface area contributed by atoms with Gasteiger partial charge in [-0.1, -0.05) is 0 Å². The third-order valence-electron chi connectivity index (χ3n) is 2.34. The molecule has 2 rings (SSSR count). The van der Waals surface area contributed by atoms with Gasteiger partial charge in [-0.25, -0.2) is 8.78 Å². The second kappa shape index (κ2) is 5.19. The molecule has 0 saturated heterocycles. The Bertz CT molecular complexity index is 642. The Morgan fingerprint density at radius 2 is 2.00 bits per heavy atom. The molecular weight excluding hydrogens is 234 g/mol. The van der Waals surface area contributed by atoms with Crippen LogP contribution >= 0.6 is 0 Å². The van der Waals surface area contributed by atoms with E-state index in [2.05, 4.69) is 4.98 Å². The number of benzene rings is 1. The molecule has 1 heterocycles. The van der Waals surface area contributed by atoms with Gasteiger partial charge in [0.05, 0.1) is 11.3 Å². The lowest BCUT2D eigenvalue weighted by Gasteiger charge is -1.98. The van der Waals surface area contributed by atoms with Gasteiger partial charge in [-0.2, -0.15) is 5.26 Å². The highest BCUT2D eigenvalue weighted by Crippen LogP contribution is 2.14. The normalized spacial score (nSPS) is 10.5. The largest absolute Gasteiger partial charge is 0.256 e. The first-order valence-electron chi connectivity index (χ1n) is 5.19. The summed E-state index contributed by atoms with van der Waals surface area (Å²) in [5.74, 6) is -1.04. The first-order valence-corrected chi connectivity index (χ1v) is 5.19. The van der Waals surface area contributed by atoms with Gasteiger partial charge < -0.3 is 0 Å². The van der Waals surface area contributed by atoms with Crippen LogP contribution in [0.3, 0.4) is 0 Å². The highest BCUT2D eigenvalue weighted by Gasteiger charge is 2.02. The maximum atomic E-state index is 13.4. The molecule has 2 aromatic rings. The molecule has 0 aliphatic heterocycles. The molecule has 1 aromatic carbocycles. The van der Waals surface area contributed by atoms with E-state index in [0.29, 0.717) is 11.3 Å². The van der Waals surface area contributed by atoms with E-state index in [1.54, 1.807) is 12.1 Å². The molecule has 0 radical (unpaired) electrons. The molecule has 18 heavy (non-hydrogen) atoms. The van der Waals surface area contributed by atoms with Gasteiger partial charge in [0.1, 0.15) is 17.7 Å². The first kappa shape index (κ1) is 11.9. The van der Waals surface area contributed by atoms with Crippen molar-refractivity contribution in [3.63, 3.8) is 0 Å². The molecular formula is C14H8F2N2. The van der Waals surface area contributed by atoms with Crippen LogP contribution in [0.25, 0.3) is 12.2 Å². The SMILES string of the molecule is N#Cc1cccnc1/C=C/c1cc(F)ccc1F. The van der Waals surface area contributed by atoms with Gasteiger partial charge in [0.15, 0.2) is 0 Å². The molecule has 0 unspecified atom stereocenters. The maximum Gasteiger partial charge on any atom is 0.130 e. The van der Waals surface area contributed by atoms with E-state index in [9.17, 15) is 8.78 Å². The van der Waals surface area contributed by atoms with Crippen LogP contribution < -0.4 is 0 Å². The van der Waals surface area contributed by atoms with E-state index >= 15 is 0 Å². The minimum atomic E-state index is -0.526. The van der Waals surface area contributed by atoms with E-state index in [-0.39, 0.29) is 5.56 Å². The zero-order valence-corrected chi connectivity index (χ0v) is 9.27. The van der Waals surface area contributed by atoms with E-state index in [4.69, 9.17) is 5.26 Å². The average Bonchev–Trinajstić information content (AvgIpc) is 2.40. The Labute approximate surface area is 103 Å². The second-order valence-electron chi connectivity index (χ2n) is 3.55. The second-order valence-corrected chi connectivity index (χ2v) is 3.55. The standard InChI is InChI=1S/C14H8F2N2/c15-12-4-5-13(16)10(8-12)3-6-14-11(9-17)2-1-7-18-14/h1-8H/b6-3+. The summed E-state index contributed by atoms with van der Waals surface area (Å²) in [6.45, 7) is 0. The number of halogens is 2. The molecule has 88 valence electrons. The lowest BCUT2D eigenvalue weighted by Crippen LogP contribution is -1.87. The van der Waals surface area contributed by atoms with Crippen LogP contribution in [0.2, 0.25) is 0 Å². The van der Waals surface area contributed by atoms with Crippen LogP contribution in [0.15, 0.2) is 36.5 Å². The lowest BCUT2D eigenvalue weighted by atomic mass is 10.1. The predicted molar refractivity (Wildman–Crippen MR) is 64.2 cm³/mol. The molecule has 0 saturated carbocycles. The van der Waals surface area contributed by atoms with Crippen molar-refractivity contribution in [2.24, 2.45) is 0 Å². The number of pyridine rings is 1. The van der Waals surface area contributed by atoms with Crippen molar-refractivity contribution in [3.8, 4) is 6.07 Å². The molecule has 0 amide bonds. The van der Waals surface area contributed by atoms with Gasteiger partial charge in [-0.3, -0.25) is 4.98 Å². The van der Waals surface area contributed by atoms with Crippen molar-refractivity contribution in [2.45, 2.75) is 0 Å². The summed E-state index contributed by atoms with van der Waals surface area (Å²) < 4.78 is 26.3. The van der Waals surface area contributed by atoms with Crippen LogP contribution in [0.4, 0.5) is 8.78 Å². The monoisotopic (exact) mass is 242 g/mol. The van der Waals surface area contributed by atoms with Gasteiger partial charge >= 0.3 is 0 Å². The van der Waals surface area contributed by atoms with Crippen molar-refractivity contribution in [1.82, 2.24) is 4.98 Å². The molecule has 0 bridgehead atoms. The Morgan fingerprint density at radius 1 is 1.17 bits per heavy atom. The fourth-order valence-electron chi connectivity index (χ4n) is 1.46. The quantitative estimate of drug-likeness (QED) is 0.809. The number of nitrogens with zero attached hydrogens (tertiary/aromatic N) is 2. The summed E-state index contributed by atoms with van der Waals surface area (Å²) >= 11 is 0. The van der Waals surface area contributed by atoms with Gasteiger partial charge in [0, 0.05) is 11.8 Å². The molecule has 0 N–H and O–H groups in total. The number of aromatic nitrogens is 1. The van der Waals surface area contributed by atoms with Crippen molar-refractivity contribution < 1.29 is 8.78 Å². The summed E-state index contributed by atoms with van der Waals surface area (Å²) in [5.41, 5.74) is 0.916. The Morgan fingerprint density at radius 3 is 2.78 bits per heavy atom. The van der Waals surface area contributed by atoms with Crippen LogP contribution in [-0.2, 0) is 0 Å². The van der Waals surface area contributed by atoms with Crippen LogP contribution in [-0.4, -0.2) is 4.98 Å². The number of hydrogen-bond donors (Lipinski definition) is 0. The van der Waals surface area contributed by atoms with Crippen LogP contribution in [0.1, 0.15) is 16.8 Å². The van der Waals surface area contributed by atoms with E-state index in [0.717, 1.165) is 18.2 Å². The average molecular weight is 242 g/mol. The van der Waals surface area contributed by atoms with E-state index in [1.165, 1.54) is 18.3 Å². The lowest BCUT2D eigenvalue weighted by molar-refractivity contribution is 0.598. The Balaban J connectivity index is 2.36. The van der Waals surface area contributed by atoms with E-state index in [1.807, 2.05) is 6.07 Å². The maximum absolute atomic E-state index is 13.4. The molecule has 0 spiro atoms. The van der Waals surface area contributed by atoms with Gasteiger partial charge in [-0.05, 0) is 42.5 Å². The highest BCUT2D eigenvalue weighted by atomic mass is 19.1. The molecule has 2 nitrogen and oxygen atoms in total. The zero-order valence-electron chi connectivity index (χ0n) is 9.27. The van der Waals surface area contributed by atoms with Crippen molar-refractivity contribution >= 4 is 12.2 Å². The zero-order chi connectivity index (χ0) is 13.0. The molecule has 0 atom stereocenters. The fourth-order valence-corrected chi connectivity index (χ4v) is 1.46. The topological polar surface area (TPSA) is 36.7 Å². The number of rotatable bonds is 2. The number of hydrogen-bond acceptors (Lipinski definition) is 2. The molecule has 0 aliphatic rings. The van der Waals surface area contributed by atoms with Gasteiger partial charge in [0.2, 0.25) is 0 Å². The summed E-state index contributed by atoms with van der Waals surface area (Å²) in [7, 11) is 0. The fraction of sp³-hybridized carbons (Fsp3) is 0. The number of nitriles is 1. The molecule has 4 heteroatoms. The highest BCUT2D eigenvalue weighted by molar-refractivity contribution is 5.70. The third kappa shape index (κ3) is 2.58. The predicted octanol–water partition coefficient (Wildman–Crippen LogP) is 3.40. The first-order chi connectivity index (χ1) is 8.70. The summed E-state index contributed by atoms with van der Waals surface area (Å²) in [6.07, 6.45) is 4.40. The van der Waals surface area contributed by atoms with Crippen molar-refractivity contribution in [1.29, 1.82) is 5.26 Å². The summed E-state index contributed by atoms with van der Waals surface area (Å²) in [4.78, 5) is 3.99. The summed E-state index contributed by atoms with van der Waals surface area (Å²) in [5, 5.41) is 8.86. The smallest absolute Gasteiger partial charge is 0.130 e. The Hall–Kier alpha value is -2.54. The minimum absolute atomic E-state index is 0.115.